The number of benzene rings is 1. The zero-order valence-electron chi connectivity index (χ0n) is 13.2. The molecule has 1 aromatic carbocycles. The van der Waals surface area contributed by atoms with Crippen molar-refractivity contribution in [2.75, 3.05) is 6.61 Å². The summed E-state index contributed by atoms with van der Waals surface area (Å²) < 4.78 is 7.66. The second-order valence-corrected chi connectivity index (χ2v) is 6.53. The largest absolute Gasteiger partial charge is 0.466 e. The van der Waals surface area contributed by atoms with Gasteiger partial charge in [0.1, 0.15) is 5.15 Å². The number of nitrogens with zero attached hydrogens (tertiary/aromatic N) is 3. The van der Waals surface area contributed by atoms with Gasteiger partial charge in [-0.05, 0) is 26.0 Å². The number of aryl methyl sites for hydroxylation is 1. The van der Waals surface area contributed by atoms with Crippen LogP contribution in [0.4, 0.5) is 0 Å². The van der Waals surface area contributed by atoms with E-state index in [1.165, 1.54) is 0 Å². The van der Waals surface area contributed by atoms with Crippen molar-refractivity contribution in [1.82, 2.24) is 14.4 Å². The van der Waals surface area contributed by atoms with Crippen molar-refractivity contribution < 1.29 is 9.53 Å². The minimum absolute atomic E-state index is 0.0891. The Morgan fingerprint density at radius 2 is 2.17 bits per heavy atom. The number of carbonyl (C=O) groups is 1. The van der Waals surface area contributed by atoms with Gasteiger partial charge in [0.15, 0.2) is 0 Å². The molecule has 0 fully saturated rings. The number of fused-ring (bicyclic) bond motifs is 1. The van der Waals surface area contributed by atoms with E-state index in [2.05, 4.69) is 25.9 Å². The normalized spacial score (nSPS) is 11.0. The number of hydrogen-bond acceptors (Lipinski definition) is 4. The topological polar surface area (TPSA) is 56.5 Å². The third-order valence-electron chi connectivity index (χ3n) is 3.60. The number of hydrogen-bond donors (Lipinski definition) is 0. The molecule has 24 heavy (non-hydrogen) atoms. The third-order valence-corrected chi connectivity index (χ3v) is 4.50. The van der Waals surface area contributed by atoms with Crippen molar-refractivity contribution in [3.05, 3.63) is 51.3 Å². The molecule has 0 spiro atoms. The van der Waals surface area contributed by atoms with E-state index in [1.807, 2.05) is 37.4 Å². The van der Waals surface area contributed by atoms with Crippen LogP contribution in [0.5, 0.6) is 0 Å². The fourth-order valence-corrected chi connectivity index (χ4v) is 3.18. The number of aromatic nitrogens is 3. The molecule has 3 rings (SSSR count). The van der Waals surface area contributed by atoms with Gasteiger partial charge in [0.05, 0.1) is 18.7 Å². The Morgan fingerprint density at radius 1 is 1.38 bits per heavy atom. The Kier molecular flexibility index (Phi) is 4.87. The van der Waals surface area contributed by atoms with Crippen molar-refractivity contribution in [3.63, 3.8) is 0 Å². The first-order valence-corrected chi connectivity index (χ1v) is 8.62. The number of halogens is 2. The molecule has 3 aromatic rings. The van der Waals surface area contributed by atoms with E-state index in [0.717, 1.165) is 15.7 Å². The van der Waals surface area contributed by atoms with E-state index < -0.39 is 0 Å². The summed E-state index contributed by atoms with van der Waals surface area (Å²) in [7, 11) is 0. The summed E-state index contributed by atoms with van der Waals surface area (Å²) in [5, 5.41) is 0.430. The van der Waals surface area contributed by atoms with Crippen LogP contribution in [0.3, 0.4) is 0 Å². The summed E-state index contributed by atoms with van der Waals surface area (Å²) in [5.74, 6) is 0.177. The van der Waals surface area contributed by atoms with Gasteiger partial charge in [0.2, 0.25) is 5.78 Å². The van der Waals surface area contributed by atoms with Crippen LogP contribution in [0.25, 0.3) is 17.0 Å². The fraction of sp³-hybridized carbons (Fsp3) is 0.235. The number of rotatable bonds is 4. The summed E-state index contributed by atoms with van der Waals surface area (Å²) in [4.78, 5) is 20.8. The maximum absolute atomic E-state index is 11.8. The maximum atomic E-state index is 11.8. The third kappa shape index (κ3) is 3.30. The zero-order chi connectivity index (χ0) is 17.3. The number of esters is 1. The van der Waals surface area contributed by atoms with Crippen LogP contribution >= 0.6 is 27.5 Å². The lowest BCUT2D eigenvalue weighted by Gasteiger charge is -2.08. The molecule has 0 atom stereocenters. The lowest BCUT2D eigenvalue weighted by molar-refractivity contribution is -0.142. The molecule has 0 radical (unpaired) electrons. The van der Waals surface area contributed by atoms with E-state index in [-0.39, 0.29) is 12.4 Å². The van der Waals surface area contributed by atoms with Gasteiger partial charge < -0.3 is 4.74 Å². The van der Waals surface area contributed by atoms with Crippen LogP contribution in [0, 0.1) is 6.92 Å². The molecular weight excluding hydrogens is 394 g/mol. The first-order chi connectivity index (χ1) is 11.5. The predicted molar refractivity (Wildman–Crippen MR) is 96.2 cm³/mol. The molecule has 0 saturated heterocycles. The maximum Gasteiger partial charge on any atom is 0.310 e. The average Bonchev–Trinajstić information content (AvgIpc) is 2.96. The molecule has 0 unspecified atom stereocenters. The number of ether oxygens (including phenoxy) is 1. The monoisotopic (exact) mass is 407 g/mol. The van der Waals surface area contributed by atoms with E-state index >= 15 is 0 Å². The molecular formula is C17H15BrClN3O2. The summed E-state index contributed by atoms with van der Waals surface area (Å²) >= 11 is 9.94. The van der Waals surface area contributed by atoms with Crippen LogP contribution in [0.1, 0.15) is 18.2 Å². The number of imidazole rings is 1. The van der Waals surface area contributed by atoms with Gasteiger partial charge in [0.25, 0.3) is 0 Å². The highest BCUT2D eigenvalue weighted by atomic mass is 79.9. The van der Waals surface area contributed by atoms with Crippen molar-refractivity contribution in [1.29, 1.82) is 0 Å². The highest BCUT2D eigenvalue weighted by Gasteiger charge is 2.17. The van der Waals surface area contributed by atoms with E-state index in [1.54, 1.807) is 11.3 Å². The van der Waals surface area contributed by atoms with Crippen LogP contribution < -0.4 is 0 Å². The SMILES string of the molecule is CCOC(=O)Cc1c(C)nc2nc(-c3cccc(Br)c3)cn2c1Cl. The molecule has 5 nitrogen and oxygen atoms in total. The zero-order valence-corrected chi connectivity index (χ0v) is 15.6. The average molecular weight is 409 g/mol. The van der Waals surface area contributed by atoms with Crippen molar-refractivity contribution in [3.8, 4) is 11.3 Å². The molecule has 0 aliphatic heterocycles. The van der Waals surface area contributed by atoms with E-state index in [0.29, 0.717) is 28.8 Å². The van der Waals surface area contributed by atoms with Crippen molar-refractivity contribution in [2.24, 2.45) is 0 Å². The molecule has 124 valence electrons. The molecule has 0 N–H and O–H groups in total. The summed E-state index contributed by atoms with van der Waals surface area (Å²) in [6, 6.07) is 7.83. The van der Waals surface area contributed by atoms with Crippen molar-refractivity contribution >= 4 is 39.3 Å². The Balaban J connectivity index is 2.07. The van der Waals surface area contributed by atoms with Crippen LogP contribution in [0.15, 0.2) is 34.9 Å². The van der Waals surface area contributed by atoms with Gasteiger partial charge in [-0.2, -0.15) is 0 Å². The van der Waals surface area contributed by atoms with Gasteiger partial charge >= 0.3 is 5.97 Å². The standard InChI is InChI=1S/C17H15BrClN3O2/c1-3-24-15(23)8-13-10(2)20-17-21-14(9-22(17)16(13)19)11-5-4-6-12(18)7-11/h4-7,9H,3,8H2,1-2H3. The molecule has 2 aromatic heterocycles. The van der Waals surface area contributed by atoms with Crippen LogP contribution in [-0.2, 0) is 16.0 Å². The Labute approximate surface area is 152 Å². The first kappa shape index (κ1) is 16.9. The molecule has 0 amide bonds. The minimum Gasteiger partial charge on any atom is -0.466 e. The summed E-state index contributed by atoms with van der Waals surface area (Å²) in [6.07, 6.45) is 1.91. The van der Waals surface area contributed by atoms with Gasteiger partial charge in [-0.1, -0.05) is 39.7 Å². The first-order valence-electron chi connectivity index (χ1n) is 7.45. The second-order valence-electron chi connectivity index (χ2n) is 5.25. The smallest absolute Gasteiger partial charge is 0.310 e. The highest BCUT2D eigenvalue weighted by molar-refractivity contribution is 9.10. The molecule has 0 saturated carbocycles. The van der Waals surface area contributed by atoms with Crippen molar-refractivity contribution in [2.45, 2.75) is 20.3 Å². The molecule has 0 bridgehead atoms. The minimum atomic E-state index is -0.323. The molecule has 7 heteroatoms. The quantitative estimate of drug-likeness (QED) is 0.479. The van der Waals surface area contributed by atoms with Gasteiger partial charge in [0, 0.05) is 27.5 Å². The lowest BCUT2D eigenvalue weighted by atomic mass is 10.2. The van der Waals surface area contributed by atoms with E-state index in [4.69, 9.17) is 16.3 Å². The molecule has 2 heterocycles. The van der Waals surface area contributed by atoms with Gasteiger partial charge in [-0.15, -0.1) is 0 Å². The lowest BCUT2D eigenvalue weighted by Crippen LogP contribution is -2.11. The second kappa shape index (κ2) is 6.91. The highest BCUT2D eigenvalue weighted by Crippen LogP contribution is 2.26. The Bertz CT molecular complexity index is 924. The number of carbonyl (C=O) groups excluding carboxylic acids is 1. The summed E-state index contributed by atoms with van der Waals surface area (Å²) in [5.41, 5.74) is 3.04. The Morgan fingerprint density at radius 3 is 2.88 bits per heavy atom. The predicted octanol–water partition coefficient (Wildman–Crippen LogP) is 4.23. The molecule has 0 aliphatic carbocycles. The van der Waals surface area contributed by atoms with Crippen LogP contribution in [-0.4, -0.2) is 26.9 Å². The fourth-order valence-electron chi connectivity index (χ4n) is 2.45. The van der Waals surface area contributed by atoms with Crippen LogP contribution in [0.2, 0.25) is 5.15 Å². The van der Waals surface area contributed by atoms with Gasteiger partial charge in [-0.25, -0.2) is 9.97 Å². The summed E-state index contributed by atoms with van der Waals surface area (Å²) in [6.45, 7) is 3.92. The van der Waals surface area contributed by atoms with Gasteiger partial charge in [-0.3, -0.25) is 9.20 Å². The van der Waals surface area contributed by atoms with E-state index in [9.17, 15) is 4.79 Å². The molecule has 0 aliphatic rings. The Hall–Kier alpha value is -1.92.